The summed E-state index contributed by atoms with van der Waals surface area (Å²) in [7, 11) is 8.35. The van der Waals surface area contributed by atoms with Crippen molar-refractivity contribution in [2.75, 3.05) is 102 Å². The van der Waals surface area contributed by atoms with Gasteiger partial charge in [0.2, 0.25) is 23.8 Å². The summed E-state index contributed by atoms with van der Waals surface area (Å²) >= 11 is 0. The molecule has 28 heteroatoms. The van der Waals surface area contributed by atoms with Crippen molar-refractivity contribution in [1.29, 1.82) is 0 Å². The summed E-state index contributed by atoms with van der Waals surface area (Å²) in [5, 5.41) is 44.3. The molecule has 0 aliphatic heterocycles. The van der Waals surface area contributed by atoms with Crippen LogP contribution in [0.15, 0.2) is 128 Å². The van der Waals surface area contributed by atoms with Gasteiger partial charge < -0.3 is 41.3 Å². The minimum atomic E-state index is -0.115. The Hall–Kier alpha value is -10.7. The third kappa shape index (κ3) is 19.9. The Morgan fingerprint density at radius 3 is 0.879 bits per heavy atom. The minimum absolute atomic E-state index is 0.00776. The predicted octanol–water partition coefficient (Wildman–Crippen LogP) is 17.6. The molecule has 16 aliphatic rings. The number of aromatic nitrogens is 16. The SMILES string of the molecule is CC(C)(C)c1ccc(-c2nc(NCCCO)n3[nH]c(=O)c(CC45CC6CC(CC(C6)C4)C5)c3n2)cc1.CN(C)CCCNc1nc(-c2ccc(C(C)(C)C)cc2)nc2c(CC34CC5CC(CC(C5)C3)C4)c(=O)[nH]n12.CN(C)CCCNc1nc(C23CC4CC(CC(C4)C2)C3)nc2c(Cc3ccccc3)c(=O)[nH]n12.O=c1[nH]n2c(NCCCO)nc(C34CC5CC(CC(C5)C3)C4)nc2c1Cc1ccccc1. The highest BCUT2D eigenvalue weighted by Crippen LogP contribution is 2.65. The molecule has 8 heterocycles. The van der Waals surface area contributed by atoms with Gasteiger partial charge >= 0.3 is 0 Å². The quantitative estimate of drug-likeness (QED) is 0.0187. The lowest BCUT2D eigenvalue weighted by molar-refractivity contribution is -0.0523. The number of fused-ring (bicyclic) bond motifs is 4. The number of aliphatic hydroxyl groups excluding tert-OH is 2. The zero-order chi connectivity index (χ0) is 96.7. The maximum absolute atomic E-state index is 13.5. The molecule has 8 aromatic heterocycles. The topological polar surface area (TPSA) is 347 Å². The molecule has 0 spiro atoms. The number of nitrogens with zero attached hydrogens (tertiary/aromatic N) is 14. The van der Waals surface area contributed by atoms with Gasteiger partial charge in [0.05, 0.1) is 22.3 Å². The van der Waals surface area contributed by atoms with E-state index < -0.39 is 0 Å². The highest BCUT2D eigenvalue weighted by Gasteiger charge is 2.57. The lowest BCUT2D eigenvalue weighted by Gasteiger charge is -2.57. The highest BCUT2D eigenvalue weighted by molar-refractivity contribution is 5.65. The van der Waals surface area contributed by atoms with Crippen molar-refractivity contribution in [3.05, 3.63) is 207 Å². The van der Waals surface area contributed by atoms with Crippen LogP contribution in [0.3, 0.4) is 0 Å². The molecule has 16 aliphatic carbocycles. The number of hydrogen-bond donors (Lipinski definition) is 10. The Morgan fingerprint density at radius 2 is 0.600 bits per heavy atom. The first-order chi connectivity index (χ1) is 67.4. The molecule has 28 rings (SSSR count). The van der Waals surface area contributed by atoms with E-state index in [1.54, 1.807) is 18.1 Å². The van der Waals surface area contributed by atoms with Crippen molar-refractivity contribution < 1.29 is 10.2 Å². The Bertz CT molecular complexity index is 6540. The summed E-state index contributed by atoms with van der Waals surface area (Å²) in [6.45, 7) is 18.2. The predicted molar refractivity (Wildman–Crippen MR) is 553 cm³/mol. The molecule has 744 valence electrons. The first-order valence-corrected chi connectivity index (χ1v) is 53.3. The monoisotopic (exact) mass is 1900 g/mol. The summed E-state index contributed by atoms with van der Waals surface area (Å²) in [4.78, 5) is 97.4. The van der Waals surface area contributed by atoms with E-state index in [1.165, 1.54) is 165 Å². The number of aromatic amines is 4. The van der Waals surface area contributed by atoms with Crippen LogP contribution in [0.1, 0.15) is 277 Å². The van der Waals surface area contributed by atoms with Crippen LogP contribution in [0.5, 0.6) is 0 Å². The average molecular weight is 1900 g/mol. The van der Waals surface area contributed by atoms with Crippen LogP contribution in [0.25, 0.3) is 45.4 Å². The highest BCUT2D eigenvalue weighted by atomic mass is 16.3. The third-order valence-corrected chi connectivity index (χ3v) is 34.7. The van der Waals surface area contributed by atoms with Gasteiger partial charge in [-0.25, -0.2) is 38.0 Å². The molecule has 10 N–H and O–H groups in total. The van der Waals surface area contributed by atoms with Crippen LogP contribution < -0.4 is 43.5 Å². The van der Waals surface area contributed by atoms with Crippen molar-refractivity contribution in [3.63, 3.8) is 0 Å². The minimum Gasteiger partial charge on any atom is -0.396 e. The second kappa shape index (κ2) is 38.9. The van der Waals surface area contributed by atoms with E-state index in [9.17, 15) is 29.4 Å². The molecule has 16 fully saturated rings. The second-order valence-corrected chi connectivity index (χ2v) is 48.5. The van der Waals surface area contributed by atoms with E-state index in [0.29, 0.717) is 85.1 Å². The summed E-state index contributed by atoms with van der Waals surface area (Å²) in [5.74, 6) is 15.7. The molecule has 0 amide bonds. The van der Waals surface area contributed by atoms with Crippen molar-refractivity contribution in [2.24, 2.45) is 81.8 Å². The number of nitrogens with one attached hydrogen (secondary N) is 8. The zero-order valence-corrected chi connectivity index (χ0v) is 84.4. The fourth-order valence-corrected chi connectivity index (χ4v) is 30.0. The summed E-state index contributed by atoms with van der Waals surface area (Å²) < 4.78 is 7.03. The molecular weight excluding hydrogens is 1750 g/mol. The fraction of sp³-hybridized carbons (Fsp3) is 0.607. The van der Waals surface area contributed by atoms with Crippen molar-refractivity contribution in [2.45, 2.75) is 269 Å². The van der Waals surface area contributed by atoms with Crippen LogP contribution in [0.2, 0.25) is 0 Å². The largest absolute Gasteiger partial charge is 0.396 e. The van der Waals surface area contributed by atoms with Crippen molar-refractivity contribution in [3.8, 4) is 22.8 Å². The van der Waals surface area contributed by atoms with Crippen molar-refractivity contribution >= 4 is 46.4 Å². The molecule has 4 aromatic carbocycles. The van der Waals surface area contributed by atoms with E-state index >= 15 is 0 Å². The smallest absolute Gasteiger partial charge is 0.270 e. The summed E-state index contributed by atoms with van der Waals surface area (Å²) in [6.07, 6.45) is 37.4. The molecular formula is C112H150N22O6. The number of hydrogen-bond acceptors (Lipinski definition) is 20. The van der Waals surface area contributed by atoms with Gasteiger partial charge in [-0.15, -0.1) is 0 Å². The number of anilines is 4. The maximum atomic E-state index is 13.5. The Balaban J connectivity index is 0.000000111. The first kappa shape index (κ1) is 95.5. The normalized spacial score (nSPS) is 27.4. The standard InChI is InChI=1S/C31H44N6O.C29H39N5O2.C27H36N6O.C25H31N5O2/c1-30(2,3)24-9-7-23(8-10-24)26-33-27-25(19-31-16-20-13-21(17-31)15-22(14-20)18-31)28(38)35-37(27)29(34-26)32-11-6-12-36(4)5;1-28(2,3)22-7-5-21(6-8-22)24-31-25-23(26(36)33-34(25)27(32-24)30-9-4-10-35)17-29-14-18-11-19(15-29)13-20(12-18)16-29;1-32(2)10-6-9-28-26-30-25(27-15-19-11-20(16-27)13-21(12-19)17-27)29-23-22(24(34)31-33(23)26)14-18-7-4-3-5-8-18;31-8-4-7-26-24-28-23(25-13-17-9-18(14-25)11-19(10-17)15-25)27-21-20(22(32)29-30(21)24)12-16-5-2-1-3-6-16/h7-10,20-22H,6,11-19H2,1-5H3,(H,35,38)(H,32,33,34);5-8,18-20,35H,4,9-17H2,1-3H3,(H,33,36)(H,30,31,32);3-5,7-8,19-21H,6,9-17H2,1-2H3,(H,31,34)(H,28,29,30);1-3,5-6,17-19,31H,4,7-15H2,(H,29,32)(H,26,27,28). The molecule has 0 atom stereocenters. The van der Waals surface area contributed by atoms with E-state index in [-0.39, 0.29) is 67.9 Å². The van der Waals surface area contributed by atoms with Crippen LogP contribution in [-0.2, 0) is 47.3 Å². The van der Waals surface area contributed by atoms with Crippen LogP contribution in [0, 0.1) is 81.8 Å². The lowest BCUT2D eigenvalue weighted by atomic mass is 9.48. The van der Waals surface area contributed by atoms with Gasteiger partial charge in [-0.2, -0.15) is 19.9 Å². The first-order valence-electron chi connectivity index (χ1n) is 53.3. The van der Waals surface area contributed by atoms with Gasteiger partial charge in [0.15, 0.2) is 34.2 Å². The van der Waals surface area contributed by atoms with Gasteiger partial charge in [-0.3, -0.25) is 39.6 Å². The van der Waals surface area contributed by atoms with Gasteiger partial charge in [0.25, 0.3) is 22.2 Å². The van der Waals surface area contributed by atoms with Gasteiger partial charge in [0.1, 0.15) is 11.6 Å². The third-order valence-electron chi connectivity index (χ3n) is 34.7. The Morgan fingerprint density at radius 1 is 0.336 bits per heavy atom. The van der Waals surface area contributed by atoms with Crippen LogP contribution >= 0.6 is 0 Å². The molecule has 12 aromatic rings. The van der Waals surface area contributed by atoms with E-state index in [4.69, 9.17) is 39.9 Å². The van der Waals surface area contributed by atoms with E-state index in [2.05, 4.69) is 182 Å². The zero-order valence-electron chi connectivity index (χ0n) is 84.4. The number of benzene rings is 4. The van der Waals surface area contributed by atoms with Crippen LogP contribution in [0.4, 0.5) is 23.8 Å². The number of rotatable bonds is 30. The molecule has 0 saturated heterocycles. The van der Waals surface area contributed by atoms with Gasteiger partial charge in [-0.05, 0) is 349 Å². The number of H-pyrrole nitrogens is 4. The molecule has 16 saturated carbocycles. The second-order valence-electron chi connectivity index (χ2n) is 48.5. The molecule has 140 heavy (non-hydrogen) atoms. The summed E-state index contributed by atoms with van der Waals surface area (Å²) in [6, 6.07) is 37.3. The van der Waals surface area contributed by atoms with Crippen LogP contribution in [-0.4, -0.2) is 179 Å². The van der Waals surface area contributed by atoms with E-state index in [0.717, 1.165) is 191 Å². The number of aliphatic hydroxyl groups is 2. The Kier molecular flexibility index (Phi) is 26.5. The average Bonchev–Trinajstić information content (AvgIpc) is 1.05. The van der Waals surface area contributed by atoms with Gasteiger partial charge in [-0.1, -0.05) is 151 Å². The molecule has 16 bridgehead atoms. The summed E-state index contributed by atoms with van der Waals surface area (Å²) in [5.41, 5.74) is 13.1. The molecule has 0 radical (unpaired) electrons. The molecule has 0 unspecified atom stereocenters. The van der Waals surface area contributed by atoms with E-state index in [1.807, 2.05) is 48.5 Å². The van der Waals surface area contributed by atoms with Crippen molar-refractivity contribution in [1.82, 2.24) is 88.1 Å². The lowest BCUT2D eigenvalue weighted by Crippen LogP contribution is -2.49. The molecule has 28 nitrogen and oxygen atoms in total. The Labute approximate surface area is 822 Å². The van der Waals surface area contributed by atoms with Gasteiger partial charge in [0, 0.05) is 74.2 Å². The maximum Gasteiger partial charge on any atom is 0.270 e. The fourth-order valence-electron chi connectivity index (χ4n) is 30.0.